The van der Waals surface area contributed by atoms with Crippen LogP contribution in [0, 0.1) is 0 Å². The van der Waals surface area contributed by atoms with Gasteiger partial charge < -0.3 is 11.1 Å². The molecule has 2 rings (SSSR count). The van der Waals surface area contributed by atoms with Crippen LogP contribution in [0.5, 0.6) is 0 Å². The van der Waals surface area contributed by atoms with Crippen molar-refractivity contribution in [2.45, 2.75) is 44.6 Å². The number of nitrogen functional groups attached to an aromatic ring is 1. The van der Waals surface area contributed by atoms with Crippen molar-refractivity contribution < 1.29 is 4.79 Å². The zero-order valence-electron chi connectivity index (χ0n) is 10.5. The van der Waals surface area contributed by atoms with Crippen LogP contribution in [0.1, 0.15) is 49.4 Å². The number of hydrogen-bond donors (Lipinski definition) is 2. The summed E-state index contributed by atoms with van der Waals surface area (Å²) in [4.78, 5) is 16.1. The number of nitrogens with one attached hydrogen (secondary N) is 1. The number of carbonyl (C=O) groups is 1. The van der Waals surface area contributed by atoms with Crippen LogP contribution in [-0.4, -0.2) is 16.4 Å². The first-order valence-corrected chi connectivity index (χ1v) is 6.61. The Labute approximate surface area is 112 Å². The summed E-state index contributed by atoms with van der Waals surface area (Å²) in [6.45, 7) is 2.09. The minimum Gasteiger partial charge on any atom is -0.384 e. The average Bonchev–Trinajstić information content (AvgIpc) is 2.32. The van der Waals surface area contributed by atoms with Crippen molar-refractivity contribution in [3.63, 3.8) is 0 Å². The highest BCUT2D eigenvalue weighted by Gasteiger charge is 2.29. The van der Waals surface area contributed by atoms with Crippen molar-refractivity contribution in [3.05, 3.63) is 22.8 Å². The molecule has 5 heteroatoms. The van der Waals surface area contributed by atoms with E-state index < -0.39 is 0 Å². The summed E-state index contributed by atoms with van der Waals surface area (Å²) in [5.41, 5.74) is 5.85. The average molecular weight is 268 g/mol. The lowest BCUT2D eigenvalue weighted by molar-refractivity contribution is 0.0883. The molecule has 1 aliphatic rings. The van der Waals surface area contributed by atoms with E-state index in [1.807, 2.05) is 0 Å². The lowest BCUT2D eigenvalue weighted by atomic mass is 9.83. The van der Waals surface area contributed by atoms with Crippen LogP contribution in [0.4, 0.5) is 5.82 Å². The second-order valence-corrected chi connectivity index (χ2v) is 5.57. The molecule has 0 radical (unpaired) electrons. The summed E-state index contributed by atoms with van der Waals surface area (Å²) in [6, 6.07) is 1.52. The topological polar surface area (TPSA) is 68.0 Å². The number of nitrogens with zero attached hydrogens (tertiary/aromatic N) is 1. The van der Waals surface area contributed by atoms with Gasteiger partial charge in [-0.1, -0.05) is 30.9 Å². The van der Waals surface area contributed by atoms with Gasteiger partial charge in [0.05, 0.1) is 10.6 Å². The third-order valence-electron chi connectivity index (χ3n) is 3.49. The van der Waals surface area contributed by atoms with Gasteiger partial charge >= 0.3 is 0 Å². The third kappa shape index (κ3) is 2.93. The SMILES string of the molecule is CC1(NC(=O)c2cc(N)ncc2Cl)CCCCC1. The summed E-state index contributed by atoms with van der Waals surface area (Å²) >= 11 is 5.98. The fourth-order valence-corrected chi connectivity index (χ4v) is 2.62. The molecule has 1 aromatic heterocycles. The maximum Gasteiger partial charge on any atom is 0.253 e. The Kier molecular flexibility index (Phi) is 3.76. The number of halogens is 1. The van der Waals surface area contributed by atoms with E-state index >= 15 is 0 Å². The Bertz CT molecular complexity index is 456. The van der Waals surface area contributed by atoms with Crippen molar-refractivity contribution in [1.29, 1.82) is 0 Å². The van der Waals surface area contributed by atoms with Gasteiger partial charge in [0.25, 0.3) is 5.91 Å². The van der Waals surface area contributed by atoms with Gasteiger partial charge in [0, 0.05) is 11.7 Å². The van der Waals surface area contributed by atoms with E-state index in [1.165, 1.54) is 18.7 Å². The van der Waals surface area contributed by atoms with Crippen LogP contribution >= 0.6 is 11.6 Å². The minimum absolute atomic E-state index is 0.128. The van der Waals surface area contributed by atoms with E-state index in [-0.39, 0.29) is 11.4 Å². The Balaban J connectivity index is 2.14. The fraction of sp³-hybridized carbons (Fsp3) is 0.538. The molecule has 0 atom stereocenters. The van der Waals surface area contributed by atoms with Gasteiger partial charge in [-0.2, -0.15) is 0 Å². The molecule has 4 nitrogen and oxygen atoms in total. The second kappa shape index (κ2) is 5.14. The van der Waals surface area contributed by atoms with E-state index in [4.69, 9.17) is 17.3 Å². The van der Waals surface area contributed by atoms with Crippen molar-refractivity contribution in [3.8, 4) is 0 Å². The van der Waals surface area contributed by atoms with Gasteiger partial charge in [0.1, 0.15) is 5.82 Å². The molecule has 0 bridgehead atoms. The van der Waals surface area contributed by atoms with Crippen LogP contribution in [0.15, 0.2) is 12.3 Å². The number of hydrogen-bond acceptors (Lipinski definition) is 3. The number of aromatic nitrogens is 1. The van der Waals surface area contributed by atoms with E-state index in [2.05, 4.69) is 17.2 Å². The molecule has 1 amide bonds. The number of amides is 1. The molecule has 0 aromatic carbocycles. The molecular weight excluding hydrogens is 250 g/mol. The zero-order chi connectivity index (χ0) is 13.2. The molecule has 1 saturated carbocycles. The molecule has 0 spiro atoms. The molecule has 0 aliphatic heterocycles. The standard InChI is InChI=1S/C13H18ClN3O/c1-13(5-3-2-4-6-13)17-12(18)9-7-11(15)16-8-10(9)14/h7-8H,2-6H2,1H3,(H2,15,16)(H,17,18). The van der Waals surface area contributed by atoms with Crippen LogP contribution in [0.3, 0.4) is 0 Å². The van der Waals surface area contributed by atoms with Crippen molar-refractivity contribution in [1.82, 2.24) is 10.3 Å². The lowest BCUT2D eigenvalue weighted by Crippen LogP contribution is -2.47. The van der Waals surface area contributed by atoms with E-state index in [0.29, 0.717) is 16.4 Å². The van der Waals surface area contributed by atoms with E-state index in [1.54, 1.807) is 0 Å². The van der Waals surface area contributed by atoms with Crippen LogP contribution in [-0.2, 0) is 0 Å². The van der Waals surface area contributed by atoms with Gasteiger partial charge in [0.15, 0.2) is 0 Å². The van der Waals surface area contributed by atoms with Crippen molar-refractivity contribution in [2.75, 3.05) is 5.73 Å². The highest BCUT2D eigenvalue weighted by atomic mass is 35.5. The van der Waals surface area contributed by atoms with Crippen LogP contribution in [0.2, 0.25) is 5.02 Å². The van der Waals surface area contributed by atoms with Crippen LogP contribution in [0.25, 0.3) is 0 Å². The minimum atomic E-state index is -0.168. The Morgan fingerprint density at radius 1 is 1.44 bits per heavy atom. The van der Waals surface area contributed by atoms with Gasteiger partial charge in [-0.15, -0.1) is 0 Å². The van der Waals surface area contributed by atoms with Crippen molar-refractivity contribution in [2.24, 2.45) is 0 Å². The molecule has 0 unspecified atom stereocenters. The highest BCUT2D eigenvalue weighted by molar-refractivity contribution is 6.33. The molecular formula is C13H18ClN3O. The first kappa shape index (κ1) is 13.1. The molecule has 98 valence electrons. The number of pyridine rings is 1. The summed E-state index contributed by atoms with van der Waals surface area (Å²) in [5.74, 6) is 0.136. The number of carbonyl (C=O) groups excluding carboxylic acids is 1. The molecule has 3 N–H and O–H groups in total. The van der Waals surface area contributed by atoms with Gasteiger partial charge in [-0.25, -0.2) is 4.98 Å². The van der Waals surface area contributed by atoms with Crippen LogP contribution < -0.4 is 11.1 Å². The normalized spacial score (nSPS) is 18.3. The van der Waals surface area contributed by atoms with Gasteiger partial charge in [-0.05, 0) is 25.8 Å². The molecule has 1 heterocycles. The van der Waals surface area contributed by atoms with Gasteiger partial charge in [0.2, 0.25) is 0 Å². The Morgan fingerprint density at radius 3 is 2.78 bits per heavy atom. The number of rotatable bonds is 2. The number of anilines is 1. The molecule has 18 heavy (non-hydrogen) atoms. The fourth-order valence-electron chi connectivity index (χ4n) is 2.43. The molecule has 0 saturated heterocycles. The summed E-state index contributed by atoms with van der Waals surface area (Å²) < 4.78 is 0. The predicted molar refractivity (Wildman–Crippen MR) is 72.6 cm³/mol. The summed E-state index contributed by atoms with van der Waals surface area (Å²) in [5, 5.41) is 3.41. The predicted octanol–water partition coefficient (Wildman–Crippen LogP) is 2.77. The Hall–Kier alpha value is -1.29. The quantitative estimate of drug-likeness (QED) is 0.866. The Morgan fingerprint density at radius 2 is 2.11 bits per heavy atom. The third-order valence-corrected chi connectivity index (χ3v) is 3.79. The maximum atomic E-state index is 12.2. The van der Waals surface area contributed by atoms with E-state index in [9.17, 15) is 4.79 Å². The number of nitrogens with two attached hydrogens (primary N) is 1. The highest BCUT2D eigenvalue weighted by Crippen LogP contribution is 2.28. The lowest BCUT2D eigenvalue weighted by Gasteiger charge is -2.34. The molecule has 1 aliphatic carbocycles. The van der Waals surface area contributed by atoms with Crippen molar-refractivity contribution >= 4 is 23.3 Å². The zero-order valence-corrected chi connectivity index (χ0v) is 11.3. The van der Waals surface area contributed by atoms with Gasteiger partial charge in [-0.3, -0.25) is 4.79 Å². The smallest absolute Gasteiger partial charge is 0.253 e. The second-order valence-electron chi connectivity index (χ2n) is 5.16. The summed E-state index contributed by atoms with van der Waals surface area (Å²) in [6.07, 6.45) is 6.99. The van der Waals surface area contributed by atoms with E-state index in [0.717, 1.165) is 25.7 Å². The summed E-state index contributed by atoms with van der Waals surface area (Å²) in [7, 11) is 0. The largest absolute Gasteiger partial charge is 0.384 e. The molecule has 1 fully saturated rings. The first-order valence-electron chi connectivity index (χ1n) is 6.24. The first-order chi connectivity index (χ1) is 8.50. The monoisotopic (exact) mass is 267 g/mol. The molecule has 1 aromatic rings. The maximum absolute atomic E-state index is 12.2.